The minimum Gasteiger partial charge on any atom is -0.465 e. The second-order valence-corrected chi connectivity index (χ2v) is 3.51. The fourth-order valence-electron chi connectivity index (χ4n) is 1.33. The Morgan fingerprint density at radius 3 is 3.12 bits per heavy atom. The molecule has 0 bridgehead atoms. The van der Waals surface area contributed by atoms with Crippen LogP contribution in [0.15, 0.2) is 12.5 Å². The Morgan fingerprint density at radius 2 is 2.41 bits per heavy atom. The van der Waals surface area contributed by atoms with Crippen molar-refractivity contribution in [2.45, 2.75) is 20.0 Å². The molecule has 1 rings (SSSR count). The maximum atomic E-state index is 11.2. The van der Waals surface area contributed by atoms with Gasteiger partial charge in [0, 0.05) is 26.4 Å². The quantitative estimate of drug-likeness (QED) is 0.519. The summed E-state index contributed by atoms with van der Waals surface area (Å²) in [7, 11) is 1.66. The average Bonchev–Trinajstić information content (AvgIpc) is 2.72. The summed E-state index contributed by atoms with van der Waals surface area (Å²) in [6.45, 7) is 4.51. The van der Waals surface area contributed by atoms with E-state index in [-0.39, 0.29) is 12.5 Å². The predicted molar refractivity (Wildman–Crippen MR) is 62.4 cm³/mol. The topological polar surface area (TPSA) is 65.4 Å². The van der Waals surface area contributed by atoms with Crippen LogP contribution in [0.25, 0.3) is 0 Å². The predicted octanol–water partition coefficient (Wildman–Crippen LogP) is 0.182. The Balaban J connectivity index is 2.29. The molecule has 0 unspecified atom stereocenters. The minimum atomic E-state index is -0.246. The van der Waals surface area contributed by atoms with E-state index < -0.39 is 0 Å². The molecular formula is C11H19N3O3. The molecular weight excluding hydrogens is 222 g/mol. The van der Waals surface area contributed by atoms with E-state index in [9.17, 15) is 4.79 Å². The number of aromatic nitrogens is 2. The normalized spacial score (nSPS) is 10.5. The molecule has 1 heterocycles. The SMILES string of the molecule is CCOC(=O)Cn1cnc(CNCCOC)c1. The molecule has 0 aliphatic rings. The summed E-state index contributed by atoms with van der Waals surface area (Å²) in [6.07, 6.45) is 3.46. The monoisotopic (exact) mass is 241 g/mol. The van der Waals surface area contributed by atoms with Crippen molar-refractivity contribution < 1.29 is 14.3 Å². The van der Waals surface area contributed by atoms with Crippen molar-refractivity contribution in [2.24, 2.45) is 0 Å². The number of ether oxygens (including phenoxy) is 2. The zero-order chi connectivity index (χ0) is 12.5. The lowest BCUT2D eigenvalue weighted by molar-refractivity contribution is -0.143. The van der Waals surface area contributed by atoms with Gasteiger partial charge in [-0.2, -0.15) is 0 Å². The number of methoxy groups -OCH3 is 1. The van der Waals surface area contributed by atoms with E-state index >= 15 is 0 Å². The Morgan fingerprint density at radius 1 is 1.59 bits per heavy atom. The number of carbonyl (C=O) groups excluding carboxylic acids is 1. The molecule has 0 fully saturated rings. The van der Waals surface area contributed by atoms with Crippen LogP contribution in [0.3, 0.4) is 0 Å². The molecule has 0 saturated carbocycles. The number of imidazole rings is 1. The lowest BCUT2D eigenvalue weighted by atomic mass is 10.4. The number of rotatable bonds is 8. The summed E-state index contributed by atoms with van der Waals surface area (Å²) in [6, 6.07) is 0. The van der Waals surface area contributed by atoms with Crippen LogP contribution in [0.1, 0.15) is 12.6 Å². The maximum Gasteiger partial charge on any atom is 0.325 e. The van der Waals surface area contributed by atoms with Crippen LogP contribution < -0.4 is 5.32 Å². The zero-order valence-electron chi connectivity index (χ0n) is 10.3. The Hall–Kier alpha value is -1.40. The van der Waals surface area contributed by atoms with Crippen molar-refractivity contribution in [1.29, 1.82) is 0 Å². The highest BCUT2D eigenvalue weighted by atomic mass is 16.5. The van der Waals surface area contributed by atoms with Gasteiger partial charge in [-0.25, -0.2) is 4.98 Å². The molecule has 0 spiro atoms. The Labute approximate surface area is 101 Å². The van der Waals surface area contributed by atoms with Gasteiger partial charge in [0.15, 0.2) is 0 Å². The largest absolute Gasteiger partial charge is 0.465 e. The smallest absolute Gasteiger partial charge is 0.325 e. The van der Waals surface area contributed by atoms with Gasteiger partial charge >= 0.3 is 5.97 Å². The number of hydrogen-bond donors (Lipinski definition) is 1. The lowest BCUT2D eigenvalue weighted by Crippen LogP contribution is -2.18. The molecule has 0 aliphatic heterocycles. The standard InChI is InChI=1S/C11H19N3O3/c1-3-17-11(15)8-14-7-10(13-9-14)6-12-4-5-16-2/h7,9,12H,3-6,8H2,1-2H3. The first kappa shape index (κ1) is 13.7. The van der Waals surface area contributed by atoms with E-state index in [1.165, 1.54) is 0 Å². The van der Waals surface area contributed by atoms with Crippen LogP contribution >= 0.6 is 0 Å². The molecule has 1 aromatic rings. The summed E-state index contributed by atoms with van der Waals surface area (Å²) < 4.78 is 11.5. The second-order valence-electron chi connectivity index (χ2n) is 3.51. The fourth-order valence-corrected chi connectivity index (χ4v) is 1.33. The summed E-state index contributed by atoms with van der Waals surface area (Å²) in [4.78, 5) is 15.4. The highest BCUT2D eigenvalue weighted by Crippen LogP contribution is 1.96. The van der Waals surface area contributed by atoms with Crippen molar-refractivity contribution >= 4 is 5.97 Å². The lowest BCUT2D eigenvalue weighted by Gasteiger charge is -2.02. The van der Waals surface area contributed by atoms with Crippen molar-refractivity contribution in [1.82, 2.24) is 14.9 Å². The first-order chi connectivity index (χ1) is 8.26. The van der Waals surface area contributed by atoms with E-state index in [1.54, 1.807) is 24.9 Å². The first-order valence-electron chi connectivity index (χ1n) is 5.62. The summed E-state index contributed by atoms with van der Waals surface area (Å²) in [5.41, 5.74) is 0.894. The molecule has 96 valence electrons. The van der Waals surface area contributed by atoms with Gasteiger partial charge in [-0.15, -0.1) is 0 Å². The van der Waals surface area contributed by atoms with Crippen LogP contribution in [0, 0.1) is 0 Å². The van der Waals surface area contributed by atoms with Crippen LogP contribution in [-0.2, 0) is 27.4 Å². The van der Waals surface area contributed by atoms with Gasteiger partial charge in [-0.05, 0) is 6.92 Å². The third-order valence-corrected chi connectivity index (χ3v) is 2.09. The van der Waals surface area contributed by atoms with Crippen LogP contribution in [0.5, 0.6) is 0 Å². The third-order valence-electron chi connectivity index (χ3n) is 2.09. The maximum absolute atomic E-state index is 11.2. The van der Waals surface area contributed by atoms with E-state index in [0.717, 1.165) is 12.2 Å². The van der Waals surface area contributed by atoms with Gasteiger partial charge in [0.2, 0.25) is 0 Å². The van der Waals surface area contributed by atoms with E-state index in [1.807, 2.05) is 6.20 Å². The van der Waals surface area contributed by atoms with E-state index in [4.69, 9.17) is 9.47 Å². The fraction of sp³-hybridized carbons (Fsp3) is 0.636. The molecule has 1 N–H and O–H groups in total. The molecule has 0 saturated heterocycles. The molecule has 0 aliphatic carbocycles. The van der Waals surface area contributed by atoms with Crippen LogP contribution in [0.2, 0.25) is 0 Å². The summed E-state index contributed by atoms with van der Waals surface area (Å²) in [5, 5.41) is 3.18. The molecule has 0 radical (unpaired) electrons. The zero-order valence-corrected chi connectivity index (χ0v) is 10.3. The number of nitrogens with zero attached hydrogens (tertiary/aromatic N) is 2. The minimum absolute atomic E-state index is 0.207. The van der Waals surface area contributed by atoms with E-state index in [2.05, 4.69) is 10.3 Å². The van der Waals surface area contributed by atoms with Gasteiger partial charge in [0.05, 0.1) is 25.2 Å². The van der Waals surface area contributed by atoms with Crippen molar-refractivity contribution in [3.8, 4) is 0 Å². The molecule has 0 aromatic carbocycles. The highest BCUT2D eigenvalue weighted by Gasteiger charge is 2.04. The van der Waals surface area contributed by atoms with Crippen molar-refractivity contribution in [2.75, 3.05) is 26.9 Å². The molecule has 1 aromatic heterocycles. The van der Waals surface area contributed by atoms with Gasteiger partial charge in [0.1, 0.15) is 6.54 Å². The summed E-state index contributed by atoms with van der Waals surface area (Å²) >= 11 is 0. The number of nitrogens with one attached hydrogen (secondary N) is 1. The Kier molecular flexibility index (Phi) is 6.27. The second kappa shape index (κ2) is 7.81. The number of carbonyl (C=O) groups is 1. The molecule has 6 heteroatoms. The first-order valence-corrected chi connectivity index (χ1v) is 5.62. The van der Waals surface area contributed by atoms with E-state index in [0.29, 0.717) is 19.8 Å². The highest BCUT2D eigenvalue weighted by molar-refractivity contribution is 5.69. The average molecular weight is 241 g/mol. The number of hydrogen-bond acceptors (Lipinski definition) is 5. The van der Waals surface area contributed by atoms with Crippen LogP contribution in [-0.4, -0.2) is 42.4 Å². The van der Waals surface area contributed by atoms with Crippen molar-refractivity contribution in [3.05, 3.63) is 18.2 Å². The Bertz CT molecular complexity index is 338. The van der Waals surface area contributed by atoms with Crippen LogP contribution in [0.4, 0.5) is 0 Å². The van der Waals surface area contributed by atoms with Gasteiger partial charge in [0.25, 0.3) is 0 Å². The van der Waals surface area contributed by atoms with Gasteiger partial charge in [-0.1, -0.05) is 0 Å². The van der Waals surface area contributed by atoms with Crippen molar-refractivity contribution in [3.63, 3.8) is 0 Å². The summed E-state index contributed by atoms with van der Waals surface area (Å²) in [5.74, 6) is -0.246. The van der Waals surface area contributed by atoms with Gasteiger partial charge in [-0.3, -0.25) is 4.79 Å². The molecule has 0 amide bonds. The third kappa shape index (κ3) is 5.46. The van der Waals surface area contributed by atoms with Gasteiger partial charge < -0.3 is 19.4 Å². The molecule has 0 atom stereocenters. The molecule has 6 nitrogen and oxygen atoms in total. The molecule has 17 heavy (non-hydrogen) atoms. The number of esters is 1.